The lowest BCUT2D eigenvalue weighted by atomic mass is 9.89. The van der Waals surface area contributed by atoms with Crippen molar-refractivity contribution >= 4 is 27.3 Å². The molecule has 1 atom stereocenters. The number of nitrogens with one attached hydrogen (secondary N) is 2. The molecule has 0 spiro atoms. The van der Waals surface area contributed by atoms with Gasteiger partial charge in [-0.25, -0.2) is 32.2 Å². The molecule has 0 radical (unpaired) electrons. The van der Waals surface area contributed by atoms with Crippen LogP contribution in [0.15, 0.2) is 48.0 Å². The highest BCUT2D eigenvalue weighted by atomic mass is 35.5. The van der Waals surface area contributed by atoms with Crippen LogP contribution in [0, 0.1) is 11.6 Å². The molecule has 0 unspecified atom stereocenters. The van der Waals surface area contributed by atoms with Crippen LogP contribution in [0.2, 0.25) is 5.02 Å². The van der Waals surface area contributed by atoms with Crippen molar-refractivity contribution in [2.75, 3.05) is 11.8 Å². The third-order valence-electron chi connectivity index (χ3n) is 5.86. The fraction of sp³-hybridized carbons (Fsp3) is 0.227. The third kappa shape index (κ3) is 4.23. The highest BCUT2D eigenvalue weighted by Gasteiger charge is 2.30. The Bertz CT molecular complexity index is 1510. The summed E-state index contributed by atoms with van der Waals surface area (Å²) in [7, 11) is -3.10. The summed E-state index contributed by atoms with van der Waals surface area (Å²) in [5.74, 6) is -1.86. The van der Waals surface area contributed by atoms with Crippen molar-refractivity contribution in [3.63, 3.8) is 0 Å². The maximum Gasteiger partial charge on any atom is 0.267 e. The molecule has 4 heterocycles. The maximum atomic E-state index is 15.6. The molecule has 0 aliphatic carbocycles. The molecule has 0 fully saturated rings. The molecule has 0 saturated heterocycles. The quantitative estimate of drug-likeness (QED) is 0.395. The van der Waals surface area contributed by atoms with Crippen molar-refractivity contribution in [1.82, 2.24) is 24.5 Å². The van der Waals surface area contributed by atoms with Crippen LogP contribution in [0.1, 0.15) is 23.6 Å². The number of H-pyrrole nitrogens is 1. The first-order valence-electron chi connectivity index (χ1n) is 10.5. The Kier molecular flexibility index (Phi) is 5.93. The summed E-state index contributed by atoms with van der Waals surface area (Å²) in [6.45, 7) is 0.277. The Hall–Kier alpha value is -3.51. The van der Waals surface area contributed by atoms with Crippen LogP contribution in [0.25, 0.3) is 11.5 Å². The second kappa shape index (κ2) is 8.93. The van der Waals surface area contributed by atoms with Gasteiger partial charge in [0.2, 0.25) is 5.88 Å². The Morgan fingerprint density at radius 3 is 2.83 bits per heavy atom. The van der Waals surface area contributed by atoms with Crippen LogP contribution >= 0.6 is 11.6 Å². The predicted octanol–water partition coefficient (Wildman–Crippen LogP) is 4.14. The van der Waals surface area contributed by atoms with Crippen molar-refractivity contribution in [2.24, 2.45) is 0 Å². The average molecular weight is 521 g/mol. The van der Waals surface area contributed by atoms with E-state index < -0.39 is 33.3 Å². The monoisotopic (exact) mass is 520 g/mol. The Morgan fingerprint density at radius 1 is 1.26 bits per heavy atom. The molecule has 1 aromatic carbocycles. The van der Waals surface area contributed by atoms with E-state index in [1.165, 1.54) is 13.3 Å². The standard InChI is InChI=1S/C22H19ClF2N6O3S/c1-34-22-17(8-13(23)9-28-22)35(32,33)30-15-4-3-14(24)18(19(15)25)12-2-5-16-20(21-26-6-7-27-21)29-11-31(16)10-12/h3-4,6-9,11-12,30H,2,5,10H2,1H3,(H,26,27)/t12-/m1/s1. The van der Waals surface area contributed by atoms with E-state index in [0.29, 0.717) is 24.4 Å². The summed E-state index contributed by atoms with van der Waals surface area (Å²) in [4.78, 5) is 15.1. The number of aromatic nitrogens is 5. The topological polar surface area (TPSA) is 115 Å². The van der Waals surface area contributed by atoms with Gasteiger partial charge in [-0.05, 0) is 31.0 Å². The number of imidazole rings is 2. The molecule has 3 aromatic heterocycles. The number of halogens is 3. The van der Waals surface area contributed by atoms with Crippen LogP contribution in [0.4, 0.5) is 14.5 Å². The molecular weight excluding hydrogens is 502 g/mol. The summed E-state index contributed by atoms with van der Waals surface area (Å²) in [6, 6.07) is 3.22. The molecule has 13 heteroatoms. The molecule has 1 aliphatic heterocycles. The number of methoxy groups -OCH3 is 1. The van der Waals surface area contributed by atoms with Gasteiger partial charge >= 0.3 is 0 Å². The lowest BCUT2D eigenvalue weighted by Crippen LogP contribution is -2.22. The zero-order chi connectivity index (χ0) is 24.7. The molecule has 1 aliphatic rings. The first-order valence-corrected chi connectivity index (χ1v) is 12.4. The highest BCUT2D eigenvalue weighted by molar-refractivity contribution is 7.92. The molecule has 35 heavy (non-hydrogen) atoms. The van der Waals surface area contributed by atoms with Gasteiger partial charge in [0.15, 0.2) is 16.5 Å². The number of aromatic amines is 1. The van der Waals surface area contributed by atoms with Crippen LogP contribution in [-0.2, 0) is 23.0 Å². The van der Waals surface area contributed by atoms with Gasteiger partial charge < -0.3 is 14.3 Å². The van der Waals surface area contributed by atoms with Gasteiger partial charge in [-0.15, -0.1) is 0 Å². The zero-order valence-corrected chi connectivity index (χ0v) is 19.9. The van der Waals surface area contributed by atoms with Gasteiger partial charge in [0.05, 0.1) is 24.1 Å². The molecule has 0 amide bonds. The number of fused-ring (bicyclic) bond motifs is 1. The van der Waals surface area contributed by atoms with E-state index in [2.05, 4.69) is 24.7 Å². The Labute approximate surface area is 204 Å². The molecular formula is C22H19ClF2N6O3S. The number of nitrogens with zero attached hydrogens (tertiary/aromatic N) is 4. The summed E-state index contributed by atoms with van der Waals surface area (Å²) in [5.41, 5.74) is 1.02. The van der Waals surface area contributed by atoms with E-state index in [9.17, 15) is 12.8 Å². The van der Waals surface area contributed by atoms with E-state index in [1.807, 2.05) is 4.57 Å². The Morgan fingerprint density at radius 2 is 2.09 bits per heavy atom. The number of sulfonamides is 1. The van der Waals surface area contributed by atoms with E-state index in [4.69, 9.17) is 16.3 Å². The Balaban J connectivity index is 1.46. The van der Waals surface area contributed by atoms with Gasteiger partial charge in [-0.2, -0.15) is 0 Å². The molecule has 0 bridgehead atoms. The summed E-state index contributed by atoms with van der Waals surface area (Å²) in [6.07, 6.45) is 7.11. The minimum atomic E-state index is -4.34. The summed E-state index contributed by atoms with van der Waals surface area (Å²) >= 11 is 5.89. The first-order chi connectivity index (χ1) is 16.8. The number of benzene rings is 1. The molecule has 9 nitrogen and oxygen atoms in total. The van der Waals surface area contributed by atoms with Crippen LogP contribution in [-0.4, -0.2) is 40.0 Å². The second-order valence-corrected chi connectivity index (χ2v) is 10.0. The lowest BCUT2D eigenvalue weighted by Gasteiger charge is -2.26. The maximum absolute atomic E-state index is 15.6. The van der Waals surface area contributed by atoms with E-state index in [-0.39, 0.29) is 27.9 Å². The SMILES string of the molecule is COc1ncc(Cl)cc1S(=O)(=O)Nc1ccc(F)c([C@@H]2CCc3c(-c4ncc[nH]4)ncn3C2)c1F. The summed E-state index contributed by atoms with van der Waals surface area (Å²) < 4.78 is 65.3. The van der Waals surface area contributed by atoms with Gasteiger partial charge in [0.25, 0.3) is 10.0 Å². The van der Waals surface area contributed by atoms with Crippen molar-refractivity contribution in [3.8, 4) is 17.4 Å². The minimum Gasteiger partial charge on any atom is -0.480 e. The number of hydrogen-bond acceptors (Lipinski definition) is 6. The lowest BCUT2D eigenvalue weighted by molar-refractivity contribution is 0.385. The minimum absolute atomic E-state index is 0.0544. The normalized spacial score (nSPS) is 15.6. The molecule has 5 rings (SSSR count). The van der Waals surface area contributed by atoms with Crippen molar-refractivity contribution in [1.29, 1.82) is 0 Å². The van der Waals surface area contributed by atoms with E-state index in [0.717, 1.165) is 23.9 Å². The number of ether oxygens (including phenoxy) is 1. The molecule has 182 valence electrons. The third-order valence-corrected chi connectivity index (χ3v) is 7.43. The van der Waals surface area contributed by atoms with Crippen LogP contribution < -0.4 is 9.46 Å². The fourth-order valence-corrected chi connectivity index (χ4v) is 5.70. The van der Waals surface area contributed by atoms with Crippen LogP contribution in [0.5, 0.6) is 5.88 Å². The predicted molar refractivity (Wildman–Crippen MR) is 124 cm³/mol. The van der Waals surface area contributed by atoms with Crippen molar-refractivity contribution in [3.05, 3.63) is 71.0 Å². The first kappa shape index (κ1) is 23.2. The van der Waals surface area contributed by atoms with Gasteiger partial charge in [0, 0.05) is 42.3 Å². The summed E-state index contributed by atoms with van der Waals surface area (Å²) in [5, 5.41) is 0.0544. The molecule has 2 N–H and O–H groups in total. The second-order valence-electron chi connectivity index (χ2n) is 7.95. The highest BCUT2D eigenvalue weighted by Crippen LogP contribution is 2.37. The van der Waals surface area contributed by atoms with Crippen LogP contribution in [0.3, 0.4) is 0 Å². The van der Waals surface area contributed by atoms with E-state index >= 15 is 4.39 Å². The number of pyridine rings is 1. The van der Waals surface area contributed by atoms with Gasteiger partial charge in [0.1, 0.15) is 11.5 Å². The van der Waals surface area contributed by atoms with Crippen molar-refractivity contribution in [2.45, 2.75) is 30.2 Å². The smallest absolute Gasteiger partial charge is 0.267 e. The number of anilines is 1. The molecule has 0 saturated carbocycles. The number of hydrogen-bond donors (Lipinski definition) is 2. The van der Waals surface area contributed by atoms with E-state index in [1.54, 1.807) is 18.7 Å². The van der Waals surface area contributed by atoms with Gasteiger partial charge in [-0.1, -0.05) is 11.6 Å². The number of rotatable bonds is 6. The molecule has 4 aromatic rings. The van der Waals surface area contributed by atoms with Crippen molar-refractivity contribution < 1.29 is 21.9 Å². The largest absolute Gasteiger partial charge is 0.480 e. The zero-order valence-electron chi connectivity index (χ0n) is 18.3. The average Bonchev–Trinajstić information content (AvgIpc) is 3.50. The fourth-order valence-electron chi connectivity index (χ4n) is 4.27. The van der Waals surface area contributed by atoms with Gasteiger partial charge in [-0.3, -0.25) is 4.72 Å².